The van der Waals surface area contributed by atoms with Crippen LogP contribution in [0, 0.1) is 5.92 Å². The monoisotopic (exact) mass is 319 g/mol. The van der Waals surface area contributed by atoms with E-state index in [1.165, 1.54) is 0 Å². The van der Waals surface area contributed by atoms with Crippen molar-refractivity contribution in [3.8, 4) is 0 Å². The van der Waals surface area contributed by atoms with Gasteiger partial charge in [0.05, 0.1) is 12.2 Å². The summed E-state index contributed by atoms with van der Waals surface area (Å²) >= 11 is 0. The summed E-state index contributed by atoms with van der Waals surface area (Å²) in [5.74, 6) is 0.304. The average molecular weight is 320 g/mol. The van der Waals surface area contributed by atoms with Crippen molar-refractivity contribution in [2.24, 2.45) is 11.7 Å². The summed E-state index contributed by atoms with van der Waals surface area (Å²) in [5, 5.41) is 0. The fourth-order valence-corrected chi connectivity index (χ4v) is 2.58. The molecule has 1 saturated carbocycles. The van der Waals surface area contributed by atoms with Gasteiger partial charge in [0.2, 0.25) is 5.91 Å². The van der Waals surface area contributed by atoms with Crippen LogP contribution in [0.2, 0.25) is 0 Å². The smallest absolute Gasteiger partial charge is 0.225 e. The maximum atomic E-state index is 12.3. The lowest BCUT2D eigenvalue weighted by Crippen LogP contribution is -2.38. The van der Waals surface area contributed by atoms with Gasteiger partial charge in [-0.15, -0.1) is 24.8 Å². The van der Waals surface area contributed by atoms with Gasteiger partial charge in [-0.3, -0.25) is 9.78 Å². The minimum Gasteiger partial charge on any atom is -0.340 e. The zero-order chi connectivity index (χ0) is 13.0. The zero-order valence-electron chi connectivity index (χ0n) is 11.7. The summed E-state index contributed by atoms with van der Waals surface area (Å²) < 4.78 is 0. The second kappa shape index (κ2) is 9.16. The maximum Gasteiger partial charge on any atom is 0.225 e. The third-order valence-electron chi connectivity index (χ3n) is 3.57. The van der Waals surface area contributed by atoms with Crippen molar-refractivity contribution in [3.05, 3.63) is 30.1 Å². The minimum atomic E-state index is 0. The van der Waals surface area contributed by atoms with Crippen LogP contribution in [0.3, 0.4) is 0 Å². The second-order valence-corrected chi connectivity index (χ2v) is 5.14. The summed E-state index contributed by atoms with van der Waals surface area (Å²) in [6, 6.07) is 5.95. The van der Waals surface area contributed by atoms with E-state index in [1.807, 2.05) is 25.2 Å². The van der Waals surface area contributed by atoms with Gasteiger partial charge in [0, 0.05) is 25.2 Å². The van der Waals surface area contributed by atoms with E-state index in [1.54, 1.807) is 11.1 Å². The fourth-order valence-electron chi connectivity index (χ4n) is 2.58. The molecule has 2 atom stereocenters. The minimum absolute atomic E-state index is 0. The molecule has 1 aromatic heterocycles. The number of halogens is 2. The second-order valence-electron chi connectivity index (χ2n) is 5.14. The lowest BCUT2D eigenvalue weighted by molar-refractivity contribution is -0.136. The van der Waals surface area contributed by atoms with Crippen LogP contribution in [0.1, 0.15) is 31.4 Å². The number of nitrogens with two attached hydrogens (primary N) is 1. The van der Waals surface area contributed by atoms with E-state index in [-0.39, 0.29) is 42.7 Å². The average Bonchev–Trinajstić information content (AvgIpc) is 2.39. The van der Waals surface area contributed by atoms with E-state index in [0.29, 0.717) is 6.54 Å². The first-order chi connectivity index (χ1) is 8.66. The van der Waals surface area contributed by atoms with E-state index < -0.39 is 0 Å². The van der Waals surface area contributed by atoms with Crippen molar-refractivity contribution in [3.63, 3.8) is 0 Å². The van der Waals surface area contributed by atoms with Gasteiger partial charge >= 0.3 is 0 Å². The van der Waals surface area contributed by atoms with Crippen molar-refractivity contribution < 1.29 is 4.79 Å². The van der Waals surface area contributed by atoms with Crippen LogP contribution in [-0.2, 0) is 11.3 Å². The molecule has 0 aromatic carbocycles. The maximum absolute atomic E-state index is 12.3. The highest BCUT2D eigenvalue weighted by Gasteiger charge is 2.27. The summed E-state index contributed by atoms with van der Waals surface area (Å²) in [4.78, 5) is 18.3. The molecule has 0 bridgehead atoms. The van der Waals surface area contributed by atoms with E-state index in [0.717, 1.165) is 31.4 Å². The molecule has 6 heteroatoms. The molecule has 1 heterocycles. The Hall–Kier alpha value is -0.840. The summed E-state index contributed by atoms with van der Waals surface area (Å²) in [7, 11) is 1.84. The molecular weight excluding hydrogens is 297 g/mol. The van der Waals surface area contributed by atoms with Crippen molar-refractivity contribution in [1.29, 1.82) is 0 Å². The molecule has 114 valence electrons. The topological polar surface area (TPSA) is 59.2 Å². The Bertz CT molecular complexity index is 403. The van der Waals surface area contributed by atoms with Crippen molar-refractivity contribution in [2.75, 3.05) is 7.05 Å². The van der Waals surface area contributed by atoms with Crippen molar-refractivity contribution >= 4 is 30.7 Å². The molecule has 1 aromatic rings. The highest BCUT2D eigenvalue weighted by molar-refractivity contribution is 5.85. The largest absolute Gasteiger partial charge is 0.340 e. The molecule has 1 aliphatic rings. The first-order valence-corrected chi connectivity index (χ1v) is 6.57. The van der Waals surface area contributed by atoms with Gasteiger partial charge in [0.1, 0.15) is 0 Å². The Morgan fingerprint density at radius 3 is 2.75 bits per heavy atom. The molecule has 1 aliphatic carbocycles. The van der Waals surface area contributed by atoms with Crippen LogP contribution in [-0.4, -0.2) is 28.9 Å². The lowest BCUT2D eigenvalue weighted by atomic mass is 9.85. The van der Waals surface area contributed by atoms with Crippen LogP contribution in [0.25, 0.3) is 0 Å². The molecule has 2 unspecified atom stereocenters. The number of carbonyl (C=O) groups is 1. The van der Waals surface area contributed by atoms with Crippen molar-refractivity contribution in [1.82, 2.24) is 9.88 Å². The highest BCUT2D eigenvalue weighted by atomic mass is 35.5. The standard InChI is InChI=1S/C14H21N3O.2ClH/c1-17(10-13-7-2-3-8-16-13)14(18)11-5-4-6-12(15)9-11;;/h2-3,7-8,11-12H,4-6,9-10,15H2,1H3;2*1H. The molecule has 20 heavy (non-hydrogen) atoms. The molecule has 1 amide bonds. The first kappa shape index (κ1) is 19.2. The van der Waals surface area contributed by atoms with E-state index >= 15 is 0 Å². The van der Waals surface area contributed by atoms with Gasteiger partial charge in [-0.2, -0.15) is 0 Å². The van der Waals surface area contributed by atoms with E-state index in [2.05, 4.69) is 4.98 Å². The number of nitrogens with zero attached hydrogens (tertiary/aromatic N) is 2. The molecule has 0 aliphatic heterocycles. The Kier molecular flexibility index (Phi) is 8.78. The van der Waals surface area contributed by atoms with E-state index in [9.17, 15) is 4.79 Å². The van der Waals surface area contributed by atoms with Crippen molar-refractivity contribution in [2.45, 2.75) is 38.3 Å². The van der Waals surface area contributed by atoms with Crippen LogP contribution in [0.5, 0.6) is 0 Å². The van der Waals surface area contributed by atoms with Gasteiger partial charge in [-0.05, 0) is 31.4 Å². The molecule has 0 spiro atoms. The number of hydrogen-bond acceptors (Lipinski definition) is 3. The Balaban J connectivity index is 0.00000180. The molecule has 0 radical (unpaired) electrons. The number of pyridine rings is 1. The molecule has 2 N–H and O–H groups in total. The fraction of sp³-hybridized carbons (Fsp3) is 0.571. The Morgan fingerprint density at radius 1 is 1.40 bits per heavy atom. The number of hydrogen-bond donors (Lipinski definition) is 1. The molecular formula is C14H23Cl2N3O. The number of carbonyl (C=O) groups excluding carboxylic acids is 1. The number of aromatic nitrogens is 1. The summed E-state index contributed by atoms with van der Waals surface area (Å²) in [6.07, 6.45) is 5.66. The van der Waals surface area contributed by atoms with E-state index in [4.69, 9.17) is 5.73 Å². The number of amides is 1. The molecule has 4 nitrogen and oxygen atoms in total. The lowest BCUT2D eigenvalue weighted by Gasteiger charge is -2.29. The third kappa shape index (κ3) is 5.27. The summed E-state index contributed by atoms with van der Waals surface area (Å²) in [6.45, 7) is 0.575. The van der Waals surface area contributed by atoms with Gasteiger partial charge < -0.3 is 10.6 Å². The quantitative estimate of drug-likeness (QED) is 0.930. The van der Waals surface area contributed by atoms with Crippen LogP contribution in [0.4, 0.5) is 0 Å². The number of rotatable bonds is 3. The SMILES string of the molecule is CN(Cc1ccccn1)C(=O)C1CCCC(N)C1.Cl.Cl. The predicted octanol–water partition coefficient (Wildman–Crippen LogP) is 2.40. The van der Waals surface area contributed by atoms with Crippen LogP contribution >= 0.6 is 24.8 Å². The normalized spacial score (nSPS) is 21.3. The van der Waals surface area contributed by atoms with Gasteiger partial charge in [0.15, 0.2) is 0 Å². The predicted molar refractivity (Wildman–Crippen MR) is 85.1 cm³/mol. The van der Waals surface area contributed by atoms with Gasteiger partial charge in [0.25, 0.3) is 0 Å². The Morgan fingerprint density at radius 2 is 2.15 bits per heavy atom. The molecule has 2 rings (SSSR count). The van der Waals surface area contributed by atoms with Crippen LogP contribution in [0.15, 0.2) is 24.4 Å². The molecule has 0 saturated heterocycles. The van der Waals surface area contributed by atoms with Crippen LogP contribution < -0.4 is 5.73 Å². The summed E-state index contributed by atoms with van der Waals surface area (Å²) in [5.41, 5.74) is 6.86. The van der Waals surface area contributed by atoms with Gasteiger partial charge in [-0.1, -0.05) is 12.5 Å². The first-order valence-electron chi connectivity index (χ1n) is 6.57. The Labute approximate surface area is 132 Å². The molecule has 1 fully saturated rings. The zero-order valence-corrected chi connectivity index (χ0v) is 13.3. The highest BCUT2D eigenvalue weighted by Crippen LogP contribution is 2.24. The third-order valence-corrected chi connectivity index (χ3v) is 3.57. The van der Waals surface area contributed by atoms with Gasteiger partial charge in [-0.25, -0.2) is 0 Å².